The lowest BCUT2D eigenvalue weighted by molar-refractivity contribution is 0.112. The molecule has 98 valence electrons. The number of hydrogen-bond acceptors (Lipinski definition) is 2. The van der Waals surface area contributed by atoms with Gasteiger partial charge in [0, 0.05) is 24.3 Å². The van der Waals surface area contributed by atoms with Crippen molar-refractivity contribution in [3.63, 3.8) is 0 Å². The van der Waals surface area contributed by atoms with Crippen molar-refractivity contribution in [1.29, 1.82) is 0 Å². The molecule has 18 heavy (non-hydrogen) atoms. The van der Waals surface area contributed by atoms with Crippen LogP contribution >= 0.6 is 0 Å². The molecule has 2 heteroatoms. The van der Waals surface area contributed by atoms with Gasteiger partial charge in [0.25, 0.3) is 0 Å². The van der Waals surface area contributed by atoms with E-state index in [1.165, 1.54) is 36.9 Å². The largest absolute Gasteiger partial charge is 0.371 e. The lowest BCUT2D eigenvalue weighted by Crippen LogP contribution is -2.35. The second kappa shape index (κ2) is 5.55. The number of carbonyl (C=O) groups excluding carboxylic acids is 1. The topological polar surface area (TPSA) is 20.3 Å². The first-order valence-electron chi connectivity index (χ1n) is 6.90. The van der Waals surface area contributed by atoms with E-state index >= 15 is 0 Å². The number of nitrogens with zero attached hydrogens (tertiary/aromatic N) is 1. The standard InChI is InChI=1S/C16H23NO/c1-12-5-4-6-15(9-12)17(3)16-8-7-14(11-18)10-13(16)2/h7-8,10-12,15H,4-6,9H2,1-3H3. The first kappa shape index (κ1) is 13.1. The number of rotatable bonds is 3. The molecule has 0 N–H and O–H groups in total. The molecule has 2 rings (SSSR count). The van der Waals surface area contributed by atoms with Gasteiger partial charge in [0.2, 0.25) is 0 Å². The maximum Gasteiger partial charge on any atom is 0.150 e. The SMILES string of the molecule is Cc1cc(C=O)ccc1N(C)C1CCCC(C)C1. The Morgan fingerprint density at radius 3 is 2.72 bits per heavy atom. The van der Waals surface area contributed by atoms with Gasteiger partial charge in [-0.15, -0.1) is 0 Å². The van der Waals surface area contributed by atoms with Crippen LogP contribution in [0.25, 0.3) is 0 Å². The Bertz CT molecular complexity index is 427. The molecule has 0 spiro atoms. The van der Waals surface area contributed by atoms with E-state index in [2.05, 4.69) is 31.9 Å². The van der Waals surface area contributed by atoms with Crippen LogP contribution in [0.1, 0.15) is 48.5 Å². The Balaban J connectivity index is 2.17. The van der Waals surface area contributed by atoms with Crippen molar-refractivity contribution in [3.05, 3.63) is 29.3 Å². The van der Waals surface area contributed by atoms with Crippen LogP contribution in [0, 0.1) is 12.8 Å². The molecule has 0 aromatic heterocycles. The maximum atomic E-state index is 10.8. The van der Waals surface area contributed by atoms with E-state index < -0.39 is 0 Å². The van der Waals surface area contributed by atoms with Crippen molar-refractivity contribution in [3.8, 4) is 0 Å². The van der Waals surface area contributed by atoms with Gasteiger partial charge in [-0.25, -0.2) is 0 Å². The maximum absolute atomic E-state index is 10.8. The minimum absolute atomic E-state index is 0.648. The summed E-state index contributed by atoms with van der Waals surface area (Å²) < 4.78 is 0. The summed E-state index contributed by atoms with van der Waals surface area (Å²) in [5, 5.41) is 0. The highest BCUT2D eigenvalue weighted by molar-refractivity contribution is 5.77. The molecule has 2 atom stereocenters. The van der Waals surface area contributed by atoms with E-state index in [9.17, 15) is 4.79 Å². The fourth-order valence-corrected chi connectivity index (χ4v) is 3.10. The summed E-state index contributed by atoms with van der Waals surface area (Å²) in [6.45, 7) is 4.44. The Kier molecular flexibility index (Phi) is 4.05. The second-order valence-electron chi connectivity index (χ2n) is 5.70. The van der Waals surface area contributed by atoms with E-state index in [1.807, 2.05) is 12.1 Å². The van der Waals surface area contributed by atoms with E-state index in [-0.39, 0.29) is 0 Å². The van der Waals surface area contributed by atoms with Gasteiger partial charge in [0.1, 0.15) is 6.29 Å². The lowest BCUT2D eigenvalue weighted by Gasteiger charge is -2.36. The molecule has 2 nitrogen and oxygen atoms in total. The highest BCUT2D eigenvalue weighted by Crippen LogP contribution is 2.31. The van der Waals surface area contributed by atoms with Crippen LogP contribution in [0.3, 0.4) is 0 Å². The summed E-state index contributed by atoms with van der Waals surface area (Å²) in [4.78, 5) is 13.2. The normalized spacial score (nSPS) is 23.7. The van der Waals surface area contributed by atoms with Gasteiger partial charge in [-0.05, 0) is 49.4 Å². The minimum atomic E-state index is 0.648. The average molecular weight is 245 g/mol. The molecule has 1 fully saturated rings. The number of carbonyl (C=O) groups is 1. The molecule has 1 aromatic carbocycles. The molecular formula is C16H23NO. The monoisotopic (exact) mass is 245 g/mol. The van der Waals surface area contributed by atoms with Crippen molar-refractivity contribution < 1.29 is 4.79 Å². The van der Waals surface area contributed by atoms with Crippen molar-refractivity contribution >= 4 is 12.0 Å². The van der Waals surface area contributed by atoms with Crippen LogP contribution in [0.4, 0.5) is 5.69 Å². The molecule has 0 heterocycles. The van der Waals surface area contributed by atoms with Crippen LogP contribution in [0.2, 0.25) is 0 Å². The van der Waals surface area contributed by atoms with Gasteiger partial charge in [-0.3, -0.25) is 4.79 Å². The summed E-state index contributed by atoms with van der Waals surface area (Å²) >= 11 is 0. The molecular weight excluding hydrogens is 222 g/mol. The van der Waals surface area contributed by atoms with Crippen LogP contribution < -0.4 is 4.90 Å². The van der Waals surface area contributed by atoms with E-state index in [0.717, 1.165) is 17.8 Å². The molecule has 0 aliphatic heterocycles. The molecule has 1 aliphatic carbocycles. The molecule has 0 radical (unpaired) electrons. The van der Waals surface area contributed by atoms with Crippen molar-refractivity contribution in [2.45, 2.75) is 45.6 Å². The van der Waals surface area contributed by atoms with Gasteiger partial charge in [-0.2, -0.15) is 0 Å². The Labute approximate surface area is 110 Å². The van der Waals surface area contributed by atoms with Crippen LogP contribution in [-0.2, 0) is 0 Å². The number of aryl methyl sites for hydroxylation is 1. The predicted octanol–water partition coefficient (Wildman–Crippen LogP) is 3.82. The van der Waals surface area contributed by atoms with Crippen molar-refractivity contribution in [2.75, 3.05) is 11.9 Å². The molecule has 0 bridgehead atoms. The highest BCUT2D eigenvalue weighted by Gasteiger charge is 2.23. The van der Waals surface area contributed by atoms with E-state index in [0.29, 0.717) is 6.04 Å². The molecule has 0 saturated heterocycles. The highest BCUT2D eigenvalue weighted by atomic mass is 16.1. The number of hydrogen-bond donors (Lipinski definition) is 0. The number of aldehydes is 1. The van der Waals surface area contributed by atoms with Gasteiger partial charge in [0.05, 0.1) is 0 Å². The molecule has 0 amide bonds. The van der Waals surface area contributed by atoms with Gasteiger partial charge in [-0.1, -0.05) is 19.8 Å². The summed E-state index contributed by atoms with van der Waals surface area (Å²) in [5.41, 5.74) is 3.22. The third kappa shape index (κ3) is 2.74. The average Bonchev–Trinajstić information content (AvgIpc) is 2.37. The summed E-state index contributed by atoms with van der Waals surface area (Å²) in [6.07, 6.45) is 6.19. The quantitative estimate of drug-likeness (QED) is 0.754. The Morgan fingerprint density at radius 1 is 1.33 bits per heavy atom. The van der Waals surface area contributed by atoms with E-state index in [1.54, 1.807) is 0 Å². The van der Waals surface area contributed by atoms with Crippen molar-refractivity contribution in [2.24, 2.45) is 5.92 Å². The summed E-state index contributed by atoms with van der Waals surface area (Å²) in [5.74, 6) is 0.834. The molecule has 1 aliphatic rings. The second-order valence-corrected chi connectivity index (χ2v) is 5.70. The fourth-order valence-electron chi connectivity index (χ4n) is 3.10. The fraction of sp³-hybridized carbons (Fsp3) is 0.562. The van der Waals surface area contributed by atoms with Gasteiger partial charge in [0.15, 0.2) is 0 Å². The Morgan fingerprint density at radius 2 is 2.11 bits per heavy atom. The predicted molar refractivity (Wildman–Crippen MR) is 76.4 cm³/mol. The van der Waals surface area contributed by atoms with Gasteiger partial charge < -0.3 is 4.90 Å². The van der Waals surface area contributed by atoms with Crippen LogP contribution in [-0.4, -0.2) is 19.4 Å². The zero-order valence-corrected chi connectivity index (χ0v) is 11.6. The minimum Gasteiger partial charge on any atom is -0.371 e. The first-order valence-corrected chi connectivity index (χ1v) is 6.90. The van der Waals surface area contributed by atoms with E-state index in [4.69, 9.17) is 0 Å². The van der Waals surface area contributed by atoms with Crippen LogP contribution in [0.5, 0.6) is 0 Å². The summed E-state index contributed by atoms with van der Waals surface area (Å²) in [7, 11) is 2.19. The number of benzene rings is 1. The summed E-state index contributed by atoms with van der Waals surface area (Å²) in [6, 6.07) is 6.62. The third-order valence-electron chi connectivity index (χ3n) is 4.19. The van der Waals surface area contributed by atoms with Crippen molar-refractivity contribution in [1.82, 2.24) is 0 Å². The number of anilines is 1. The first-order chi connectivity index (χ1) is 8.61. The Hall–Kier alpha value is -1.31. The third-order valence-corrected chi connectivity index (χ3v) is 4.19. The molecule has 1 saturated carbocycles. The lowest BCUT2D eigenvalue weighted by atomic mass is 9.86. The van der Waals surface area contributed by atoms with Crippen LogP contribution in [0.15, 0.2) is 18.2 Å². The molecule has 2 unspecified atom stereocenters. The molecule has 1 aromatic rings. The zero-order chi connectivity index (χ0) is 13.1. The zero-order valence-electron chi connectivity index (χ0n) is 11.6. The smallest absolute Gasteiger partial charge is 0.150 e. The van der Waals surface area contributed by atoms with Gasteiger partial charge >= 0.3 is 0 Å².